The van der Waals surface area contributed by atoms with E-state index in [0.717, 1.165) is 148 Å². The lowest BCUT2D eigenvalue weighted by molar-refractivity contribution is -0.167. The lowest BCUT2D eigenvalue weighted by atomic mass is 10.0. The Morgan fingerprint density at radius 2 is 0.520 bits per heavy atom. The highest BCUT2D eigenvalue weighted by Crippen LogP contribution is 2.15. The molecule has 0 rings (SSSR count). The van der Waals surface area contributed by atoms with Gasteiger partial charge in [0.25, 0.3) is 0 Å². The average Bonchev–Trinajstić information content (AvgIpc) is 3.41. The van der Waals surface area contributed by atoms with E-state index < -0.39 is 6.10 Å². The van der Waals surface area contributed by atoms with Crippen molar-refractivity contribution in [1.29, 1.82) is 0 Å². The molecule has 6 heteroatoms. The molecule has 0 fully saturated rings. The van der Waals surface area contributed by atoms with Crippen LogP contribution in [0.3, 0.4) is 0 Å². The summed E-state index contributed by atoms with van der Waals surface area (Å²) in [4.78, 5) is 38.3. The molecule has 1 atom stereocenters. The number of allylic oxidation sites excluding steroid dienone is 20. The second kappa shape index (κ2) is 62.4. The standard InChI is InChI=1S/C69H114O6/c1-4-7-10-13-16-19-22-25-27-29-30-31-32-33-34-35-36-37-38-40-41-44-47-50-53-56-59-62-68(71)74-65-66(64-73-67(70)61-58-55-52-49-46-43-24-21-18-15-12-9-6-3)75-69(72)63-60-57-54-51-48-45-42-39-28-26-23-20-17-14-11-8-5-2/h7-8,10-11,16-17,19-20,25-28,30-31,33-34,36-37,40-41,66H,4-6,9,12-15,18,21-24,29,32,35,38-39,42-65H2,1-3H3/b10-7-,11-8-,19-16-,20-17-,27-25-,28-26-,31-30-,34-33-,37-36-,41-40-. The predicted molar refractivity (Wildman–Crippen MR) is 325 cm³/mol. The van der Waals surface area contributed by atoms with Gasteiger partial charge < -0.3 is 14.2 Å². The Bertz CT molecular complexity index is 1570. The van der Waals surface area contributed by atoms with E-state index >= 15 is 0 Å². The van der Waals surface area contributed by atoms with E-state index in [0.29, 0.717) is 19.3 Å². The van der Waals surface area contributed by atoms with Crippen molar-refractivity contribution < 1.29 is 28.6 Å². The summed E-state index contributed by atoms with van der Waals surface area (Å²) >= 11 is 0. The van der Waals surface area contributed by atoms with Gasteiger partial charge in [-0.1, -0.05) is 271 Å². The summed E-state index contributed by atoms with van der Waals surface area (Å²) in [6, 6.07) is 0. The van der Waals surface area contributed by atoms with Gasteiger partial charge in [-0.25, -0.2) is 0 Å². The van der Waals surface area contributed by atoms with Crippen LogP contribution in [0, 0.1) is 0 Å². The van der Waals surface area contributed by atoms with Crippen molar-refractivity contribution in [2.45, 2.75) is 284 Å². The molecule has 0 aliphatic rings. The molecule has 426 valence electrons. The van der Waals surface area contributed by atoms with Gasteiger partial charge in [-0.2, -0.15) is 0 Å². The molecule has 0 aliphatic carbocycles. The highest BCUT2D eigenvalue weighted by molar-refractivity contribution is 5.71. The number of esters is 3. The Labute approximate surface area is 462 Å². The van der Waals surface area contributed by atoms with Crippen LogP contribution in [-0.2, 0) is 28.6 Å². The molecule has 0 saturated carbocycles. The van der Waals surface area contributed by atoms with Crippen LogP contribution >= 0.6 is 0 Å². The van der Waals surface area contributed by atoms with Crippen LogP contribution in [-0.4, -0.2) is 37.2 Å². The number of carbonyl (C=O) groups excluding carboxylic acids is 3. The molecular formula is C69H114O6. The first-order chi connectivity index (χ1) is 37.0. The van der Waals surface area contributed by atoms with Crippen LogP contribution in [0.15, 0.2) is 122 Å². The zero-order valence-electron chi connectivity index (χ0n) is 48.8. The average molecular weight is 1040 g/mol. The first kappa shape index (κ1) is 70.8. The van der Waals surface area contributed by atoms with Crippen LogP contribution in [0.1, 0.15) is 278 Å². The number of hydrogen-bond donors (Lipinski definition) is 0. The number of ether oxygens (including phenoxy) is 3. The minimum absolute atomic E-state index is 0.0886. The molecule has 6 nitrogen and oxygen atoms in total. The van der Waals surface area contributed by atoms with Crippen molar-refractivity contribution in [1.82, 2.24) is 0 Å². The normalized spacial score (nSPS) is 12.9. The summed E-state index contributed by atoms with van der Waals surface area (Å²) in [7, 11) is 0. The third-order valence-corrected chi connectivity index (χ3v) is 13.0. The first-order valence-electron chi connectivity index (χ1n) is 31.0. The highest BCUT2D eigenvalue weighted by atomic mass is 16.6. The fourth-order valence-electron chi connectivity index (χ4n) is 8.38. The van der Waals surface area contributed by atoms with E-state index in [1.165, 1.54) is 89.9 Å². The van der Waals surface area contributed by atoms with Gasteiger partial charge >= 0.3 is 17.9 Å². The number of unbranched alkanes of at least 4 members (excludes halogenated alkanes) is 24. The maximum absolute atomic E-state index is 12.9. The zero-order chi connectivity index (χ0) is 54.3. The van der Waals surface area contributed by atoms with E-state index in [1.807, 2.05) is 0 Å². The molecule has 0 N–H and O–H groups in total. The van der Waals surface area contributed by atoms with Crippen LogP contribution in [0.5, 0.6) is 0 Å². The molecule has 0 spiro atoms. The first-order valence-corrected chi connectivity index (χ1v) is 31.0. The van der Waals surface area contributed by atoms with E-state index in [2.05, 4.69) is 142 Å². The number of hydrogen-bond acceptors (Lipinski definition) is 6. The van der Waals surface area contributed by atoms with E-state index in [1.54, 1.807) is 0 Å². The molecule has 0 bridgehead atoms. The summed E-state index contributed by atoms with van der Waals surface area (Å²) in [5.74, 6) is -0.915. The number of rotatable bonds is 55. The Hall–Kier alpha value is -4.19. The Balaban J connectivity index is 4.39. The largest absolute Gasteiger partial charge is 0.462 e. The lowest BCUT2D eigenvalue weighted by Gasteiger charge is -2.18. The minimum atomic E-state index is -0.794. The maximum atomic E-state index is 12.9. The Morgan fingerprint density at radius 1 is 0.280 bits per heavy atom. The van der Waals surface area contributed by atoms with Gasteiger partial charge in [-0.15, -0.1) is 0 Å². The molecule has 75 heavy (non-hydrogen) atoms. The van der Waals surface area contributed by atoms with Crippen LogP contribution in [0.25, 0.3) is 0 Å². The van der Waals surface area contributed by atoms with Crippen molar-refractivity contribution in [3.8, 4) is 0 Å². The topological polar surface area (TPSA) is 78.9 Å². The predicted octanol–water partition coefficient (Wildman–Crippen LogP) is 21.2. The van der Waals surface area contributed by atoms with Crippen LogP contribution in [0.4, 0.5) is 0 Å². The summed E-state index contributed by atoms with van der Waals surface area (Å²) in [5, 5.41) is 0. The molecule has 0 aromatic rings. The smallest absolute Gasteiger partial charge is 0.306 e. The molecule has 0 radical (unpaired) electrons. The minimum Gasteiger partial charge on any atom is -0.462 e. The second-order valence-corrected chi connectivity index (χ2v) is 20.2. The molecule has 1 unspecified atom stereocenters. The van der Waals surface area contributed by atoms with Gasteiger partial charge in [0.1, 0.15) is 13.2 Å². The van der Waals surface area contributed by atoms with E-state index in [-0.39, 0.29) is 31.1 Å². The van der Waals surface area contributed by atoms with Crippen molar-refractivity contribution >= 4 is 17.9 Å². The van der Waals surface area contributed by atoms with Crippen molar-refractivity contribution in [3.63, 3.8) is 0 Å². The number of carbonyl (C=O) groups is 3. The summed E-state index contributed by atoms with van der Waals surface area (Å²) in [5.41, 5.74) is 0. The van der Waals surface area contributed by atoms with Crippen LogP contribution < -0.4 is 0 Å². The third-order valence-electron chi connectivity index (χ3n) is 13.0. The maximum Gasteiger partial charge on any atom is 0.306 e. The Morgan fingerprint density at radius 3 is 0.813 bits per heavy atom. The molecule has 0 aliphatic heterocycles. The van der Waals surface area contributed by atoms with Gasteiger partial charge in [0.2, 0.25) is 0 Å². The third kappa shape index (κ3) is 60.6. The molecule has 0 saturated heterocycles. The van der Waals surface area contributed by atoms with E-state index in [4.69, 9.17) is 14.2 Å². The van der Waals surface area contributed by atoms with Crippen molar-refractivity contribution in [2.24, 2.45) is 0 Å². The summed E-state index contributed by atoms with van der Waals surface area (Å²) < 4.78 is 16.9. The van der Waals surface area contributed by atoms with Crippen LogP contribution in [0.2, 0.25) is 0 Å². The van der Waals surface area contributed by atoms with Gasteiger partial charge in [0.05, 0.1) is 0 Å². The zero-order valence-corrected chi connectivity index (χ0v) is 48.8. The lowest BCUT2D eigenvalue weighted by Crippen LogP contribution is -2.30. The molecular weight excluding hydrogens is 925 g/mol. The highest BCUT2D eigenvalue weighted by Gasteiger charge is 2.19. The van der Waals surface area contributed by atoms with Gasteiger partial charge in [0, 0.05) is 19.3 Å². The monoisotopic (exact) mass is 1040 g/mol. The van der Waals surface area contributed by atoms with Crippen molar-refractivity contribution in [2.75, 3.05) is 13.2 Å². The molecule has 0 amide bonds. The summed E-state index contributed by atoms with van der Waals surface area (Å²) in [6.07, 6.45) is 86.2. The van der Waals surface area contributed by atoms with E-state index in [9.17, 15) is 14.4 Å². The molecule has 0 aromatic heterocycles. The summed E-state index contributed by atoms with van der Waals surface area (Å²) in [6.45, 7) is 6.40. The van der Waals surface area contributed by atoms with Gasteiger partial charge in [-0.3, -0.25) is 14.4 Å². The van der Waals surface area contributed by atoms with Gasteiger partial charge in [-0.05, 0) is 109 Å². The van der Waals surface area contributed by atoms with Gasteiger partial charge in [0.15, 0.2) is 6.10 Å². The Kier molecular flexibility index (Phi) is 58.9. The fraction of sp³-hybridized carbons (Fsp3) is 0.667. The fourth-order valence-corrected chi connectivity index (χ4v) is 8.38. The molecule has 0 aromatic carbocycles. The molecule has 0 heterocycles. The second-order valence-electron chi connectivity index (χ2n) is 20.2. The quantitative estimate of drug-likeness (QED) is 0.0261. The SMILES string of the molecule is CC/C=C\C/C=C\C/C=C\C/C=C\C/C=C\C/C=C\C/C=C\CCCCCCCC(=O)OCC(COC(=O)CCCCCCCCCCCCCCC)OC(=O)CCCCCCCCC/C=C\C/C=C\C/C=C\CC. The van der Waals surface area contributed by atoms with Crippen molar-refractivity contribution in [3.05, 3.63) is 122 Å².